The number of nitrogens with one attached hydrogen (secondary N) is 2. The van der Waals surface area contributed by atoms with Gasteiger partial charge in [0.15, 0.2) is 0 Å². The summed E-state index contributed by atoms with van der Waals surface area (Å²) in [4.78, 5) is 12.1. The van der Waals surface area contributed by atoms with E-state index in [0.29, 0.717) is 11.3 Å². The van der Waals surface area contributed by atoms with Crippen LogP contribution in [0.5, 0.6) is 0 Å². The molecule has 0 fully saturated rings. The predicted octanol–water partition coefficient (Wildman–Crippen LogP) is 2.45. The highest BCUT2D eigenvalue weighted by atomic mass is 16.4. The maximum absolute atomic E-state index is 12.1. The molecule has 0 saturated carbocycles. The van der Waals surface area contributed by atoms with Gasteiger partial charge in [0.2, 0.25) is 11.8 Å². The van der Waals surface area contributed by atoms with E-state index in [0.717, 1.165) is 11.1 Å². The first-order valence-electron chi connectivity index (χ1n) is 7.87. The molecule has 0 saturated heterocycles. The number of anilines is 1. The number of amides is 1. The van der Waals surface area contributed by atoms with E-state index in [1.54, 1.807) is 20.0 Å². The number of carbonyl (C=O) groups excluding carboxylic acids is 1. The van der Waals surface area contributed by atoms with Gasteiger partial charge < -0.3 is 9.73 Å². The summed E-state index contributed by atoms with van der Waals surface area (Å²) in [5.41, 5.74) is 2.21. The van der Waals surface area contributed by atoms with Crippen molar-refractivity contribution in [1.82, 2.24) is 15.1 Å². The van der Waals surface area contributed by atoms with Gasteiger partial charge in [-0.2, -0.15) is 10.4 Å². The lowest BCUT2D eigenvalue weighted by Gasteiger charge is -2.21. The molecule has 0 bridgehead atoms. The quantitative estimate of drug-likeness (QED) is 0.848. The zero-order valence-electron chi connectivity index (χ0n) is 14.7. The third-order valence-electron chi connectivity index (χ3n) is 4.21. The Bertz CT molecular complexity index is 769. The fourth-order valence-electron chi connectivity index (χ4n) is 2.33. The van der Waals surface area contributed by atoms with Crippen molar-refractivity contribution >= 4 is 11.8 Å². The molecule has 2 heterocycles. The van der Waals surface area contributed by atoms with Crippen molar-refractivity contribution in [2.75, 3.05) is 11.9 Å². The van der Waals surface area contributed by atoms with Crippen molar-refractivity contribution in [1.29, 1.82) is 5.26 Å². The molecule has 24 heavy (non-hydrogen) atoms. The molecule has 2 rings (SSSR count). The maximum atomic E-state index is 12.1. The van der Waals surface area contributed by atoms with Gasteiger partial charge in [0, 0.05) is 17.8 Å². The molecule has 2 N–H and O–H groups in total. The lowest BCUT2D eigenvalue weighted by Crippen LogP contribution is -2.39. The number of nitriles is 1. The van der Waals surface area contributed by atoms with Crippen molar-refractivity contribution in [3.05, 3.63) is 34.8 Å². The molecule has 0 aliphatic heterocycles. The number of aryl methyl sites for hydroxylation is 2. The van der Waals surface area contributed by atoms with Gasteiger partial charge in [0.05, 0.1) is 18.8 Å². The number of nitrogens with zero attached hydrogens (tertiary/aromatic N) is 3. The first-order chi connectivity index (χ1) is 11.3. The molecular formula is C17H23N5O2. The average molecular weight is 329 g/mol. The minimum atomic E-state index is -0.254. The van der Waals surface area contributed by atoms with E-state index in [4.69, 9.17) is 9.68 Å². The molecule has 0 aliphatic carbocycles. The first kappa shape index (κ1) is 17.8. The molecular weight excluding hydrogens is 306 g/mol. The van der Waals surface area contributed by atoms with Crippen LogP contribution in [0.1, 0.15) is 42.3 Å². The van der Waals surface area contributed by atoms with E-state index in [1.807, 2.05) is 31.6 Å². The number of carbonyl (C=O) groups is 1. The summed E-state index contributed by atoms with van der Waals surface area (Å²) in [5.74, 6) is 0.587. The van der Waals surface area contributed by atoms with Crippen LogP contribution in [0.25, 0.3) is 0 Å². The van der Waals surface area contributed by atoms with Crippen molar-refractivity contribution in [3.63, 3.8) is 0 Å². The first-order valence-corrected chi connectivity index (χ1v) is 7.87. The van der Waals surface area contributed by atoms with Gasteiger partial charge in [0.1, 0.15) is 17.4 Å². The van der Waals surface area contributed by atoms with E-state index in [-0.39, 0.29) is 30.4 Å². The predicted molar refractivity (Wildman–Crippen MR) is 90.7 cm³/mol. The van der Waals surface area contributed by atoms with E-state index >= 15 is 0 Å². The molecule has 0 spiro atoms. The van der Waals surface area contributed by atoms with Gasteiger partial charge >= 0.3 is 0 Å². The normalized spacial score (nSPS) is 13.3. The topological polar surface area (TPSA) is 95.9 Å². The number of hydrogen-bond acceptors (Lipinski definition) is 5. The number of aromatic nitrogens is 2. The van der Waals surface area contributed by atoms with Crippen molar-refractivity contribution in [2.24, 2.45) is 0 Å². The van der Waals surface area contributed by atoms with Crippen LogP contribution in [0.4, 0.5) is 5.88 Å². The molecule has 1 amide bonds. The second kappa shape index (κ2) is 7.32. The van der Waals surface area contributed by atoms with Gasteiger partial charge in [-0.15, -0.1) is 0 Å². The second-order valence-electron chi connectivity index (χ2n) is 6.06. The average Bonchev–Trinajstić information content (AvgIpc) is 3.08. The summed E-state index contributed by atoms with van der Waals surface area (Å²) in [6, 6.07) is 2.21. The monoisotopic (exact) mass is 329 g/mol. The van der Waals surface area contributed by atoms with E-state index in [1.165, 1.54) is 0 Å². The summed E-state index contributed by atoms with van der Waals surface area (Å²) >= 11 is 0. The molecule has 7 nitrogen and oxygen atoms in total. The third-order valence-corrected chi connectivity index (χ3v) is 4.21. The highest BCUT2D eigenvalue weighted by Crippen LogP contribution is 2.25. The molecule has 2 aromatic heterocycles. The lowest BCUT2D eigenvalue weighted by molar-refractivity contribution is -0.115. The third kappa shape index (κ3) is 3.84. The Balaban J connectivity index is 1.91. The SMILES string of the molecule is Cc1cnn([C@H](C)[C@H](C)NCC(=O)Nc2oc(C)c(C)c2C#N)c1. The zero-order chi connectivity index (χ0) is 17.9. The summed E-state index contributed by atoms with van der Waals surface area (Å²) in [7, 11) is 0. The van der Waals surface area contributed by atoms with E-state index in [9.17, 15) is 4.79 Å². The molecule has 0 aromatic carbocycles. The van der Waals surface area contributed by atoms with Crippen LogP contribution in [-0.2, 0) is 4.79 Å². The van der Waals surface area contributed by atoms with Gasteiger partial charge in [-0.05, 0) is 40.2 Å². The lowest BCUT2D eigenvalue weighted by atomic mass is 10.1. The summed E-state index contributed by atoms with van der Waals surface area (Å²) in [6.45, 7) is 9.70. The summed E-state index contributed by atoms with van der Waals surface area (Å²) < 4.78 is 7.31. The van der Waals surface area contributed by atoms with Crippen LogP contribution in [0.3, 0.4) is 0 Å². The van der Waals surface area contributed by atoms with E-state index in [2.05, 4.69) is 21.8 Å². The molecule has 2 aromatic rings. The fourth-order valence-corrected chi connectivity index (χ4v) is 2.33. The number of hydrogen-bond donors (Lipinski definition) is 2. The van der Waals surface area contributed by atoms with Gasteiger partial charge in [-0.25, -0.2) is 0 Å². The molecule has 7 heteroatoms. The van der Waals surface area contributed by atoms with Crippen LogP contribution in [-0.4, -0.2) is 28.3 Å². The highest BCUT2D eigenvalue weighted by Gasteiger charge is 2.18. The number of rotatable bonds is 6. The minimum absolute atomic E-state index is 0.0468. The van der Waals surface area contributed by atoms with E-state index < -0.39 is 0 Å². The molecule has 0 unspecified atom stereocenters. The Kier molecular flexibility index (Phi) is 5.42. The molecule has 2 atom stereocenters. The van der Waals surface area contributed by atoms with Crippen LogP contribution >= 0.6 is 0 Å². The Hall–Kier alpha value is -2.59. The summed E-state index contributed by atoms with van der Waals surface area (Å²) in [6.07, 6.45) is 3.78. The fraction of sp³-hybridized carbons (Fsp3) is 0.471. The van der Waals surface area contributed by atoms with Crippen LogP contribution < -0.4 is 10.6 Å². The Morgan fingerprint density at radius 1 is 1.42 bits per heavy atom. The molecule has 0 aliphatic rings. The molecule has 0 radical (unpaired) electrons. The van der Waals surface area contributed by atoms with Gasteiger partial charge in [0.25, 0.3) is 0 Å². The van der Waals surface area contributed by atoms with Crippen LogP contribution in [0.2, 0.25) is 0 Å². The largest absolute Gasteiger partial charge is 0.444 e. The molecule has 128 valence electrons. The van der Waals surface area contributed by atoms with Crippen LogP contribution in [0.15, 0.2) is 16.8 Å². The Labute approximate surface area is 141 Å². The maximum Gasteiger partial charge on any atom is 0.240 e. The minimum Gasteiger partial charge on any atom is -0.444 e. The van der Waals surface area contributed by atoms with Crippen LogP contribution in [0, 0.1) is 32.1 Å². The number of furan rings is 1. The van der Waals surface area contributed by atoms with Gasteiger partial charge in [-0.1, -0.05) is 0 Å². The van der Waals surface area contributed by atoms with Crippen molar-refractivity contribution in [3.8, 4) is 6.07 Å². The Morgan fingerprint density at radius 2 is 2.12 bits per heavy atom. The van der Waals surface area contributed by atoms with Crippen molar-refractivity contribution in [2.45, 2.75) is 46.7 Å². The van der Waals surface area contributed by atoms with Crippen molar-refractivity contribution < 1.29 is 9.21 Å². The zero-order valence-corrected chi connectivity index (χ0v) is 14.7. The Morgan fingerprint density at radius 3 is 2.71 bits per heavy atom. The smallest absolute Gasteiger partial charge is 0.240 e. The second-order valence-corrected chi connectivity index (χ2v) is 6.06. The highest BCUT2D eigenvalue weighted by molar-refractivity contribution is 5.92. The standard InChI is InChI=1S/C17H23N5O2/c1-10-7-20-22(9-10)13(4)12(3)19-8-16(23)21-17-15(6-18)11(2)14(5)24-17/h7,9,12-13,19H,8H2,1-5H3,(H,21,23)/t12-,13+/m0/s1. The summed E-state index contributed by atoms with van der Waals surface area (Å²) in [5, 5.41) is 19.3. The van der Waals surface area contributed by atoms with Gasteiger partial charge in [-0.3, -0.25) is 14.8 Å².